The first-order chi connectivity index (χ1) is 9.44. The van der Waals surface area contributed by atoms with E-state index >= 15 is 0 Å². The van der Waals surface area contributed by atoms with Gasteiger partial charge in [0.1, 0.15) is 11.5 Å². The van der Waals surface area contributed by atoms with Gasteiger partial charge in [-0.05, 0) is 36.4 Å². The van der Waals surface area contributed by atoms with Gasteiger partial charge in [-0.2, -0.15) is 0 Å². The van der Waals surface area contributed by atoms with E-state index in [9.17, 15) is 12.8 Å². The Morgan fingerprint density at radius 2 is 1.75 bits per heavy atom. The lowest BCUT2D eigenvalue weighted by atomic mass is 10.3. The van der Waals surface area contributed by atoms with E-state index in [0.29, 0.717) is 0 Å². The van der Waals surface area contributed by atoms with Crippen LogP contribution in [0.5, 0.6) is 0 Å². The van der Waals surface area contributed by atoms with Crippen molar-refractivity contribution in [3.05, 3.63) is 53.3 Å². The topological polar surface area (TPSA) is 58.2 Å². The monoisotopic (exact) mass is 314 g/mol. The fourth-order valence-electron chi connectivity index (χ4n) is 1.59. The molecule has 2 aromatic rings. The average Bonchev–Trinajstić information content (AvgIpc) is 2.43. The van der Waals surface area contributed by atoms with Crippen molar-refractivity contribution in [1.82, 2.24) is 0 Å². The van der Waals surface area contributed by atoms with E-state index in [1.165, 1.54) is 24.3 Å². The molecule has 0 aliphatic rings. The molecule has 0 saturated heterocycles. The number of para-hydroxylation sites is 1. The molecule has 2 N–H and O–H groups in total. The summed E-state index contributed by atoms with van der Waals surface area (Å²) in [5.41, 5.74) is 0.514. The van der Waals surface area contributed by atoms with Crippen LogP contribution in [0, 0.1) is 5.82 Å². The van der Waals surface area contributed by atoms with Gasteiger partial charge in [0.2, 0.25) is 0 Å². The summed E-state index contributed by atoms with van der Waals surface area (Å²) in [7, 11) is -2.16. The summed E-state index contributed by atoms with van der Waals surface area (Å²) in [5, 5.41) is 2.88. The number of nitrogens with one attached hydrogen (secondary N) is 2. The Bertz CT molecular complexity index is 697. The van der Waals surface area contributed by atoms with Gasteiger partial charge in [-0.3, -0.25) is 4.72 Å². The van der Waals surface area contributed by atoms with Crippen molar-refractivity contribution in [1.29, 1.82) is 0 Å². The van der Waals surface area contributed by atoms with Crippen molar-refractivity contribution < 1.29 is 12.8 Å². The van der Waals surface area contributed by atoms with Crippen LogP contribution in [-0.2, 0) is 10.0 Å². The summed E-state index contributed by atoms with van der Waals surface area (Å²) in [4.78, 5) is 0.0239. The smallest absolute Gasteiger partial charge is 0.262 e. The largest absolute Gasteiger partial charge is 0.388 e. The van der Waals surface area contributed by atoms with Gasteiger partial charge in [0.25, 0.3) is 10.0 Å². The molecule has 0 heterocycles. The summed E-state index contributed by atoms with van der Waals surface area (Å²) in [5.74, 6) is -0.729. The molecule has 0 unspecified atom stereocenters. The third kappa shape index (κ3) is 3.02. The molecule has 0 amide bonds. The van der Waals surface area contributed by atoms with Gasteiger partial charge in [-0.1, -0.05) is 17.7 Å². The molecule has 0 atom stereocenters. The lowest BCUT2D eigenvalue weighted by molar-refractivity contribution is 0.598. The summed E-state index contributed by atoms with van der Waals surface area (Å²) >= 11 is 5.79. The molecule has 2 rings (SSSR count). The van der Waals surface area contributed by atoms with Crippen molar-refractivity contribution in [2.75, 3.05) is 17.1 Å². The Morgan fingerprint density at radius 1 is 1.10 bits per heavy atom. The Morgan fingerprint density at radius 3 is 2.30 bits per heavy atom. The number of hydrogen-bond acceptors (Lipinski definition) is 3. The van der Waals surface area contributed by atoms with Gasteiger partial charge in [0.05, 0.1) is 9.92 Å². The Labute approximate surface area is 121 Å². The number of halogens is 2. The minimum Gasteiger partial charge on any atom is -0.388 e. The minimum absolute atomic E-state index is 0.000389. The predicted molar refractivity (Wildman–Crippen MR) is 78.2 cm³/mol. The number of rotatable bonds is 4. The van der Waals surface area contributed by atoms with Gasteiger partial charge in [-0.15, -0.1) is 0 Å². The van der Waals surface area contributed by atoms with Crippen LogP contribution in [0.3, 0.4) is 0 Å². The van der Waals surface area contributed by atoms with E-state index in [1.807, 2.05) is 0 Å². The number of anilines is 2. The van der Waals surface area contributed by atoms with Crippen LogP contribution in [0.25, 0.3) is 0 Å². The van der Waals surface area contributed by atoms with Crippen molar-refractivity contribution in [2.45, 2.75) is 4.90 Å². The summed E-state index contributed by atoms with van der Waals surface area (Å²) in [6, 6.07) is 10.00. The predicted octanol–water partition coefficient (Wildman–Crippen LogP) is 3.32. The zero-order chi connectivity index (χ0) is 14.8. The highest BCUT2D eigenvalue weighted by molar-refractivity contribution is 7.92. The maximum absolute atomic E-state index is 13.6. The molecule has 20 heavy (non-hydrogen) atoms. The normalized spacial score (nSPS) is 11.2. The first-order valence-corrected chi connectivity index (χ1v) is 7.55. The van der Waals surface area contributed by atoms with Gasteiger partial charge >= 0.3 is 0 Å². The molecular formula is C13H12ClFN2O2S. The number of benzene rings is 2. The highest BCUT2D eigenvalue weighted by Gasteiger charge is 2.18. The maximum atomic E-state index is 13.6. The van der Waals surface area contributed by atoms with E-state index in [1.54, 1.807) is 19.2 Å². The maximum Gasteiger partial charge on any atom is 0.262 e. The molecule has 4 nitrogen and oxygen atoms in total. The summed E-state index contributed by atoms with van der Waals surface area (Å²) in [6.45, 7) is 0. The zero-order valence-corrected chi connectivity index (χ0v) is 12.1. The van der Waals surface area contributed by atoms with Gasteiger partial charge in [-0.25, -0.2) is 12.8 Å². The van der Waals surface area contributed by atoms with E-state index in [-0.39, 0.29) is 15.6 Å². The first kappa shape index (κ1) is 14.6. The summed E-state index contributed by atoms with van der Waals surface area (Å²) < 4.78 is 40.0. The standard InChI is InChI=1S/C13H12ClFN2O2S/c1-16-9-5-7-10(8-6-9)20(18,19)17-13-11(14)3-2-4-12(13)15/h2-8,16-17H,1H3. The molecular weight excluding hydrogens is 303 g/mol. The average molecular weight is 315 g/mol. The third-order valence-corrected chi connectivity index (χ3v) is 4.33. The molecule has 0 saturated carbocycles. The van der Waals surface area contributed by atoms with E-state index in [4.69, 9.17) is 11.6 Å². The first-order valence-electron chi connectivity index (χ1n) is 5.68. The number of sulfonamides is 1. The van der Waals surface area contributed by atoms with Crippen LogP contribution in [0.1, 0.15) is 0 Å². The van der Waals surface area contributed by atoms with Crippen LogP contribution >= 0.6 is 11.6 Å². The molecule has 0 aromatic heterocycles. The van der Waals surface area contributed by atoms with Crippen LogP contribution in [0.4, 0.5) is 15.8 Å². The molecule has 0 aliphatic heterocycles. The van der Waals surface area contributed by atoms with Gasteiger partial charge in [0, 0.05) is 12.7 Å². The van der Waals surface area contributed by atoms with E-state index in [0.717, 1.165) is 11.8 Å². The quantitative estimate of drug-likeness (QED) is 0.910. The van der Waals surface area contributed by atoms with Crippen molar-refractivity contribution in [3.8, 4) is 0 Å². The highest BCUT2D eigenvalue weighted by Crippen LogP contribution is 2.27. The lowest BCUT2D eigenvalue weighted by Crippen LogP contribution is -2.14. The SMILES string of the molecule is CNc1ccc(S(=O)(=O)Nc2c(F)cccc2Cl)cc1. The second-order valence-electron chi connectivity index (χ2n) is 3.98. The van der Waals surface area contributed by atoms with Gasteiger partial charge < -0.3 is 5.32 Å². The second kappa shape index (κ2) is 5.68. The molecule has 0 spiro atoms. The van der Waals surface area contributed by atoms with Crippen molar-refractivity contribution in [3.63, 3.8) is 0 Å². The highest BCUT2D eigenvalue weighted by atomic mass is 35.5. The molecule has 0 aliphatic carbocycles. The van der Waals surface area contributed by atoms with Crippen molar-refractivity contribution in [2.24, 2.45) is 0 Å². The molecule has 0 fully saturated rings. The molecule has 2 aromatic carbocycles. The zero-order valence-electron chi connectivity index (χ0n) is 10.5. The second-order valence-corrected chi connectivity index (χ2v) is 6.07. The Balaban J connectivity index is 2.35. The van der Waals surface area contributed by atoms with Crippen molar-refractivity contribution >= 4 is 33.0 Å². The number of hydrogen-bond donors (Lipinski definition) is 2. The summed E-state index contributed by atoms with van der Waals surface area (Å²) in [6.07, 6.45) is 0. The third-order valence-electron chi connectivity index (χ3n) is 2.65. The minimum atomic E-state index is -3.89. The Kier molecular flexibility index (Phi) is 4.15. The lowest BCUT2D eigenvalue weighted by Gasteiger charge is -2.11. The van der Waals surface area contributed by atoms with Crippen LogP contribution in [-0.4, -0.2) is 15.5 Å². The van der Waals surface area contributed by atoms with Crippen LogP contribution in [0.2, 0.25) is 5.02 Å². The fraction of sp³-hybridized carbons (Fsp3) is 0.0769. The molecule has 106 valence electrons. The molecule has 7 heteroatoms. The van der Waals surface area contributed by atoms with Gasteiger partial charge in [0.15, 0.2) is 0 Å². The Hall–Kier alpha value is -1.79. The molecule has 0 bridgehead atoms. The fourth-order valence-corrected chi connectivity index (χ4v) is 2.94. The van der Waals surface area contributed by atoms with Crippen LogP contribution in [0.15, 0.2) is 47.4 Å². The van der Waals surface area contributed by atoms with E-state index in [2.05, 4.69) is 10.0 Å². The van der Waals surface area contributed by atoms with Crippen LogP contribution < -0.4 is 10.0 Å². The van der Waals surface area contributed by atoms with E-state index < -0.39 is 15.8 Å². The molecule has 0 radical (unpaired) electrons.